The van der Waals surface area contributed by atoms with E-state index in [-0.39, 0.29) is 11.8 Å². The van der Waals surface area contributed by atoms with E-state index in [1.165, 1.54) is 4.31 Å². The summed E-state index contributed by atoms with van der Waals surface area (Å²) >= 11 is 1.14. The molecule has 2 heterocycles. The largest absolute Gasteiger partial charge is 0.300 e. The summed E-state index contributed by atoms with van der Waals surface area (Å²) in [5.41, 5.74) is 2.66. The number of nitrogens with one attached hydrogen (secondary N) is 1. The van der Waals surface area contributed by atoms with Crippen LogP contribution in [0.1, 0.15) is 24.0 Å². The van der Waals surface area contributed by atoms with Crippen LogP contribution >= 0.6 is 11.5 Å². The Hall–Kier alpha value is -2.62. The van der Waals surface area contributed by atoms with Crippen LogP contribution in [-0.4, -0.2) is 41.1 Å². The van der Waals surface area contributed by atoms with E-state index in [1.54, 1.807) is 6.07 Å². The summed E-state index contributed by atoms with van der Waals surface area (Å²) in [6.45, 7) is 4.39. The van der Waals surface area contributed by atoms with E-state index >= 15 is 0 Å². The van der Waals surface area contributed by atoms with E-state index in [2.05, 4.69) is 14.7 Å². The van der Waals surface area contributed by atoms with Crippen molar-refractivity contribution in [3.05, 3.63) is 59.7 Å². The lowest BCUT2D eigenvalue weighted by atomic mass is 9.97. The Morgan fingerprint density at radius 1 is 1.10 bits per heavy atom. The van der Waals surface area contributed by atoms with E-state index in [0.717, 1.165) is 28.2 Å². The average Bonchev–Trinajstić information content (AvgIpc) is 3.22. The van der Waals surface area contributed by atoms with Gasteiger partial charge in [0.1, 0.15) is 0 Å². The zero-order valence-corrected chi connectivity index (χ0v) is 19.0. The van der Waals surface area contributed by atoms with Crippen molar-refractivity contribution in [1.82, 2.24) is 13.7 Å². The molecule has 0 bridgehead atoms. The van der Waals surface area contributed by atoms with Gasteiger partial charge in [0.2, 0.25) is 21.1 Å². The van der Waals surface area contributed by atoms with E-state index < -0.39 is 10.0 Å². The third-order valence-corrected chi connectivity index (χ3v) is 8.15. The van der Waals surface area contributed by atoms with Gasteiger partial charge < -0.3 is 5.32 Å². The number of carbonyl (C=O) groups is 1. The van der Waals surface area contributed by atoms with Crippen LogP contribution in [0.25, 0.3) is 11.4 Å². The molecule has 1 aliphatic heterocycles. The molecule has 1 aromatic heterocycles. The van der Waals surface area contributed by atoms with Crippen molar-refractivity contribution in [3.63, 3.8) is 0 Å². The normalized spacial score (nSPS) is 15.7. The molecule has 1 aliphatic rings. The van der Waals surface area contributed by atoms with E-state index in [4.69, 9.17) is 0 Å². The molecule has 1 N–H and O–H groups in total. The number of aryl methyl sites for hydroxylation is 2. The molecular weight excluding hydrogens is 432 g/mol. The van der Waals surface area contributed by atoms with E-state index in [1.807, 2.05) is 56.3 Å². The Labute approximate surface area is 186 Å². The van der Waals surface area contributed by atoms with Crippen LogP contribution in [0.15, 0.2) is 53.4 Å². The van der Waals surface area contributed by atoms with Crippen molar-refractivity contribution < 1.29 is 13.2 Å². The average molecular weight is 457 g/mol. The number of hydrogen-bond acceptors (Lipinski definition) is 6. The van der Waals surface area contributed by atoms with Gasteiger partial charge in [0.25, 0.3) is 0 Å². The molecule has 0 atom stereocenters. The quantitative estimate of drug-likeness (QED) is 0.629. The predicted molar refractivity (Wildman–Crippen MR) is 121 cm³/mol. The fraction of sp³-hybridized carbons (Fsp3) is 0.318. The van der Waals surface area contributed by atoms with Gasteiger partial charge in [-0.05, 0) is 38.3 Å². The molecule has 0 saturated carbocycles. The number of anilines is 1. The second kappa shape index (κ2) is 8.86. The summed E-state index contributed by atoms with van der Waals surface area (Å²) in [5.74, 6) is 0.184. The number of hydrogen-bond donors (Lipinski definition) is 1. The van der Waals surface area contributed by atoms with E-state index in [0.29, 0.717) is 41.8 Å². The van der Waals surface area contributed by atoms with Crippen LogP contribution in [0.3, 0.4) is 0 Å². The SMILES string of the molecule is Cc1ccc(S(=O)(=O)N2CCC(C(=O)Nc3nc(-c4ccccc4)ns3)CC2)c(C)c1. The molecule has 1 amide bonds. The highest BCUT2D eigenvalue weighted by Gasteiger charge is 2.33. The topological polar surface area (TPSA) is 92.3 Å². The van der Waals surface area contributed by atoms with Crippen LogP contribution in [0.5, 0.6) is 0 Å². The molecule has 9 heteroatoms. The number of nitrogens with zero attached hydrogens (tertiary/aromatic N) is 3. The van der Waals surface area contributed by atoms with Crippen molar-refractivity contribution in [2.45, 2.75) is 31.6 Å². The highest BCUT2D eigenvalue weighted by atomic mass is 32.2. The lowest BCUT2D eigenvalue weighted by Gasteiger charge is -2.30. The molecule has 0 spiro atoms. The summed E-state index contributed by atoms with van der Waals surface area (Å²) in [4.78, 5) is 17.4. The van der Waals surface area contributed by atoms with Gasteiger partial charge in [0.05, 0.1) is 4.90 Å². The Bertz CT molecular complexity index is 1180. The molecule has 1 saturated heterocycles. The minimum Gasteiger partial charge on any atom is -0.300 e. The Morgan fingerprint density at radius 2 is 1.81 bits per heavy atom. The minimum absolute atomic E-state index is 0.140. The second-order valence-corrected chi connectivity index (χ2v) is 10.4. The maximum atomic E-state index is 13.0. The van der Waals surface area contributed by atoms with Crippen molar-refractivity contribution in [1.29, 1.82) is 0 Å². The first-order valence-electron chi connectivity index (χ1n) is 10.1. The Kier molecular flexibility index (Phi) is 6.17. The fourth-order valence-electron chi connectivity index (χ4n) is 3.77. The van der Waals surface area contributed by atoms with Crippen LogP contribution < -0.4 is 5.32 Å². The fourth-order valence-corrected chi connectivity index (χ4v) is 6.04. The molecule has 4 rings (SSSR count). The zero-order chi connectivity index (χ0) is 22.0. The first-order valence-corrected chi connectivity index (χ1v) is 12.3. The number of rotatable bonds is 5. The van der Waals surface area contributed by atoms with Gasteiger partial charge in [-0.15, -0.1) is 0 Å². The summed E-state index contributed by atoms with van der Waals surface area (Å²) < 4.78 is 31.9. The van der Waals surface area contributed by atoms with Gasteiger partial charge in [-0.3, -0.25) is 4.79 Å². The van der Waals surface area contributed by atoms with Crippen molar-refractivity contribution in [2.75, 3.05) is 18.4 Å². The highest BCUT2D eigenvalue weighted by Crippen LogP contribution is 2.27. The molecule has 0 unspecified atom stereocenters. The third-order valence-electron chi connectivity index (χ3n) is 5.46. The molecule has 7 nitrogen and oxygen atoms in total. The smallest absolute Gasteiger partial charge is 0.243 e. The first kappa shape index (κ1) is 21.6. The maximum absolute atomic E-state index is 13.0. The summed E-state index contributed by atoms with van der Waals surface area (Å²) in [6, 6.07) is 14.9. The van der Waals surface area contributed by atoms with Gasteiger partial charge in [-0.1, -0.05) is 48.0 Å². The molecule has 2 aromatic carbocycles. The monoisotopic (exact) mass is 456 g/mol. The van der Waals surface area contributed by atoms with E-state index in [9.17, 15) is 13.2 Å². The molecule has 31 heavy (non-hydrogen) atoms. The minimum atomic E-state index is -3.56. The Morgan fingerprint density at radius 3 is 2.48 bits per heavy atom. The first-order chi connectivity index (χ1) is 14.8. The number of benzene rings is 2. The van der Waals surface area contributed by atoms with Gasteiger partial charge >= 0.3 is 0 Å². The van der Waals surface area contributed by atoms with Crippen molar-refractivity contribution in [2.24, 2.45) is 5.92 Å². The van der Waals surface area contributed by atoms with Crippen LogP contribution in [0.4, 0.5) is 5.13 Å². The second-order valence-electron chi connectivity index (χ2n) is 7.73. The number of carbonyl (C=O) groups excluding carboxylic acids is 1. The van der Waals surface area contributed by atoms with Crippen LogP contribution in [0, 0.1) is 19.8 Å². The van der Waals surface area contributed by atoms with Crippen LogP contribution in [0.2, 0.25) is 0 Å². The van der Waals surface area contributed by atoms with Gasteiger partial charge in [0, 0.05) is 36.1 Å². The molecule has 1 fully saturated rings. The lowest BCUT2D eigenvalue weighted by molar-refractivity contribution is -0.120. The standard InChI is InChI=1S/C22H24N4O3S2/c1-15-8-9-19(16(2)14-15)31(28,29)26-12-10-18(11-13-26)21(27)24-22-23-20(25-30-22)17-6-4-3-5-7-17/h3-9,14,18H,10-13H2,1-2H3,(H,23,24,25,27). The number of piperidine rings is 1. The molecule has 0 aliphatic carbocycles. The highest BCUT2D eigenvalue weighted by molar-refractivity contribution is 7.89. The molecule has 0 radical (unpaired) electrons. The summed E-state index contributed by atoms with van der Waals surface area (Å²) in [7, 11) is -3.56. The van der Waals surface area contributed by atoms with Gasteiger partial charge in [0.15, 0.2) is 5.82 Å². The van der Waals surface area contributed by atoms with Crippen molar-refractivity contribution >= 4 is 32.6 Å². The summed E-state index contributed by atoms with van der Waals surface area (Å²) in [6.07, 6.45) is 0.945. The predicted octanol–water partition coefficient (Wildman–Crippen LogP) is 3.86. The van der Waals surface area contributed by atoms with Gasteiger partial charge in [-0.25, -0.2) is 8.42 Å². The molecular formula is C22H24N4O3S2. The van der Waals surface area contributed by atoms with Crippen molar-refractivity contribution in [3.8, 4) is 11.4 Å². The lowest BCUT2D eigenvalue weighted by Crippen LogP contribution is -2.41. The number of sulfonamides is 1. The summed E-state index contributed by atoms with van der Waals surface area (Å²) in [5, 5.41) is 3.29. The molecule has 162 valence electrons. The Balaban J connectivity index is 1.37. The molecule has 3 aromatic rings. The van der Waals surface area contributed by atoms with Gasteiger partial charge in [-0.2, -0.15) is 13.7 Å². The number of aromatic nitrogens is 2. The number of amides is 1. The van der Waals surface area contributed by atoms with Crippen LogP contribution in [-0.2, 0) is 14.8 Å². The zero-order valence-electron chi connectivity index (χ0n) is 17.4. The maximum Gasteiger partial charge on any atom is 0.243 e. The third kappa shape index (κ3) is 4.68.